The molecule has 0 fully saturated rings. The molecule has 2 aromatic carbocycles. The molecule has 0 saturated carbocycles. The molecule has 2 amide bonds. The summed E-state index contributed by atoms with van der Waals surface area (Å²) in [5, 5.41) is 1.63. The van der Waals surface area contributed by atoms with E-state index in [1.165, 1.54) is 0 Å². The molecular weight excluding hydrogens is 262 g/mol. The van der Waals surface area contributed by atoms with Crippen LogP contribution in [0.25, 0.3) is 10.8 Å². The molecule has 0 bridgehead atoms. The van der Waals surface area contributed by atoms with Gasteiger partial charge in [-0.3, -0.25) is 14.5 Å². The van der Waals surface area contributed by atoms with Crippen LogP contribution < -0.4 is 0 Å². The maximum absolute atomic E-state index is 12.4. The summed E-state index contributed by atoms with van der Waals surface area (Å²) in [6, 6.07) is 10.9. The summed E-state index contributed by atoms with van der Waals surface area (Å²) in [4.78, 5) is 26.0. The Bertz CT molecular complexity index is 645. The van der Waals surface area contributed by atoms with E-state index in [1.807, 2.05) is 31.2 Å². The number of amides is 2. The molecule has 1 aliphatic heterocycles. The third kappa shape index (κ3) is 1.65. The Hall–Kier alpha value is -1.87. The quantitative estimate of drug-likeness (QED) is 0.478. The summed E-state index contributed by atoms with van der Waals surface area (Å²) in [5.41, 5.74) is 0.488. The molecule has 2 aromatic rings. The molecule has 1 unspecified atom stereocenters. The Morgan fingerprint density at radius 3 is 2.05 bits per heavy atom. The number of hydrogen-bond acceptors (Lipinski definition) is 2. The smallest absolute Gasteiger partial charge is 0.262 e. The van der Waals surface area contributed by atoms with Crippen molar-refractivity contribution in [2.45, 2.75) is 18.8 Å². The highest BCUT2D eigenvalue weighted by atomic mass is 35.5. The van der Waals surface area contributed by atoms with Gasteiger partial charge >= 0.3 is 0 Å². The van der Waals surface area contributed by atoms with Crippen LogP contribution in [0.5, 0.6) is 0 Å². The first-order valence-corrected chi connectivity index (χ1v) is 6.62. The zero-order chi connectivity index (χ0) is 13.6. The minimum absolute atomic E-state index is 0.309. The van der Waals surface area contributed by atoms with Gasteiger partial charge in [0.2, 0.25) is 0 Å². The number of halogens is 1. The van der Waals surface area contributed by atoms with E-state index in [0.717, 1.165) is 15.7 Å². The second-order valence-electron chi connectivity index (χ2n) is 4.53. The van der Waals surface area contributed by atoms with Gasteiger partial charge in [-0.05, 0) is 23.9 Å². The minimum Gasteiger partial charge on any atom is -0.269 e. The number of rotatable bonds is 2. The molecule has 1 heterocycles. The average molecular weight is 274 g/mol. The number of benzene rings is 2. The molecular formula is C15H12ClNO2. The van der Waals surface area contributed by atoms with Crippen LogP contribution in [0.1, 0.15) is 34.1 Å². The molecule has 1 aliphatic rings. The third-order valence-electron chi connectivity index (χ3n) is 3.42. The van der Waals surface area contributed by atoms with Crippen molar-refractivity contribution in [2.75, 3.05) is 0 Å². The summed E-state index contributed by atoms with van der Waals surface area (Å²) in [7, 11) is 0. The van der Waals surface area contributed by atoms with Crippen LogP contribution in [0.15, 0.2) is 36.4 Å². The predicted octanol–water partition coefficient (Wildman–Crippen LogP) is 3.41. The van der Waals surface area contributed by atoms with E-state index in [2.05, 4.69) is 0 Å². The lowest BCUT2D eigenvalue weighted by Crippen LogP contribution is -2.44. The van der Waals surface area contributed by atoms with Gasteiger partial charge < -0.3 is 0 Å². The lowest BCUT2D eigenvalue weighted by atomic mass is 9.94. The highest BCUT2D eigenvalue weighted by Gasteiger charge is 2.35. The fourth-order valence-electron chi connectivity index (χ4n) is 2.49. The number of carbonyl (C=O) groups is 2. The van der Waals surface area contributed by atoms with Crippen LogP contribution in [0.2, 0.25) is 0 Å². The van der Waals surface area contributed by atoms with Crippen LogP contribution in [0.4, 0.5) is 0 Å². The van der Waals surface area contributed by atoms with Gasteiger partial charge in [0, 0.05) is 16.5 Å². The highest BCUT2D eigenvalue weighted by Crippen LogP contribution is 2.31. The van der Waals surface area contributed by atoms with Crippen LogP contribution in [-0.2, 0) is 0 Å². The van der Waals surface area contributed by atoms with Crippen molar-refractivity contribution in [1.82, 2.24) is 4.90 Å². The Balaban J connectivity index is 2.31. The summed E-state index contributed by atoms with van der Waals surface area (Å²) < 4.78 is 0. The van der Waals surface area contributed by atoms with E-state index in [-0.39, 0.29) is 11.8 Å². The Morgan fingerprint density at radius 2 is 1.58 bits per heavy atom. The second-order valence-corrected chi connectivity index (χ2v) is 5.04. The normalized spacial score (nSPS) is 16.0. The van der Waals surface area contributed by atoms with Gasteiger partial charge in [0.15, 0.2) is 0 Å². The zero-order valence-corrected chi connectivity index (χ0v) is 11.1. The number of imide groups is 1. The maximum Gasteiger partial charge on any atom is 0.262 e. The van der Waals surface area contributed by atoms with Crippen molar-refractivity contribution in [3.63, 3.8) is 0 Å². The zero-order valence-electron chi connectivity index (χ0n) is 10.4. The number of alkyl halides is 1. The van der Waals surface area contributed by atoms with Gasteiger partial charge in [-0.15, -0.1) is 0 Å². The van der Waals surface area contributed by atoms with E-state index in [1.54, 1.807) is 12.1 Å². The van der Waals surface area contributed by atoms with Crippen LogP contribution in [0, 0.1) is 0 Å². The van der Waals surface area contributed by atoms with Gasteiger partial charge in [0.05, 0.1) is 0 Å². The molecule has 0 N–H and O–H groups in total. The summed E-state index contributed by atoms with van der Waals surface area (Å²) >= 11 is 6.12. The highest BCUT2D eigenvalue weighted by molar-refractivity contribution is 6.30. The predicted molar refractivity (Wildman–Crippen MR) is 74.4 cm³/mol. The van der Waals surface area contributed by atoms with Crippen LogP contribution in [0.3, 0.4) is 0 Å². The summed E-state index contributed by atoms with van der Waals surface area (Å²) in [5.74, 6) is -0.618. The number of nitrogens with zero attached hydrogens (tertiary/aromatic N) is 1. The van der Waals surface area contributed by atoms with Gasteiger partial charge in [-0.1, -0.05) is 42.8 Å². The summed E-state index contributed by atoms with van der Waals surface area (Å²) in [6.07, 6.45) is 0.525. The standard InChI is InChI=1S/C15H12ClNO2/c1-2-12(16)17-14(18)10-7-3-5-9-6-4-8-11(13(9)10)15(17)19/h3-8,12H,2H2,1H3. The van der Waals surface area contributed by atoms with Crippen molar-refractivity contribution < 1.29 is 9.59 Å². The largest absolute Gasteiger partial charge is 0.269 e. The lowest BCUT2D eigenvalue weighted by Gasteiger charge is -2.30. The van der Waals surface area contributed by atoms with Gasteiger partial charge in [-0.2, -0.15) is 0 Å². The molecule has 0 spiro atoms. The minimum atomic E-state index is -0.608. The molecule has 3 rings (SSSR count). The number of hydrogen-bond donors (Lipinski definition) is 0. The van der Waals surface area contributed by atoms with E-state index < -0.39 is 5.50 Å². The van der Waals surface area contributed by atoms with Crippen molar-refractivity contribution >= 4 is 34.2 Å². The molecule has 4 heteroatoms. The number of carbonyl (C=O) groups excluding carboxylic acids is 2. The lowest BCUT2D eigenvalue weighted by molar-refractivity contribution is 0.0587. The molecule has 0 aromatic heterocycles. The third-order valence-corrected chi connectivity index (χ3v) is 3.92. The Morgan fingerprint density at radius 1 is 1.05 bits per heavy atom. The molecule has 3 nitrogen and oxygen atoms in total. The van der Waals surface area contributed by atoms with Crippen molar-refractivity contribution in [1.29, 1.82) is 0 Å². The van der Waals surface area contributed by atoms with Crippen LogP contribution in [-0.4, -0.2) is 22.2 Å². The molecule has 19 heavy (non-hydrogen) atoms. The fourth-order valence-corrected chi connectivity index (χ4v) is 2.66. The van der Waals surface area contributed by atoms with Crippen molar-refractivity contribution in [2.24, 2.45) is 0 Å². The molecule has 0 radical (unpaired) electrons. The van der Waals surface area contributed by atoms with Crippen molar-refractivity contribution in [3.05, 3.63) is 47.5 Å². The molecule has 96 valence electrons. The Kier molecular flexibility index (Phi) is 2.79. The first kappa shape index (κ1) is 12.2. The van der Waals surface area contributed by atoms with Gasteiger partial charge in [-0.25, -0.2) is 0 Å². The van der Waals surface area contributed by atoms with Gasteiger partial charge in [0.25, 0.3) is 11.8 Å². The second kappa shape index (κ2) is 4.35. The van der Waals surface area contributed by atoms with Crippen molar-refractivity contribution in [3.8, 4) is 0 Å². The van der Waals surface area contributed by atoms with E-state index in [4.69, 9.17) is 11.6 Å². The Labute approximate surface area is 115 Å². The average Bonchev–Trinajstić information content (AvgIpc) is 2.44. The topological polar surface area (TPSA) is 37.4 Å². The summed E-state index contributed by atoms with van der Waals surface area (Å²) in [6.45, 7) is 1.85. The first-order chi connectivity index (χ1) is 9.15. The molecule has 0 saturated heterocycles. The monoisotopic (exact) mass is 273 g/mol. The van der Waals surface area contributed by atoms with Crippen LogP contribution >= 0.6 is 11.6 Å². The first-order valence-electron chi connectivity index (χ1n) is 6.19. The van der Waals surface area contributed by atoms with E-state index >= 15 is 0 Å². The molecule has 1 atom stereocenters. The van der Waals surface area contributed by atoms with E-state index in [9.17, 15) is 9.59 Å². The fraction of sp³-hybridized carbons (Fsp3) is 0.200. The maximum atomic E-state index is 12.4. The van der Waals surface area contributed by atoms with Gasteiger partial charge in [0.1, 0.15) is 5.50 Å². The molecule has 0 aliphatic carbocycles. The van der Waals surface area contributed by atoms with E-state index in [0.29, 0.717) is 17.5 Å². The SMILES string of the molecule is CCC(Cl)N1C(=O)c2cccc3cccc(c23)C1=O.